The number of carboxylic acids is 1. The summed E-state index contributed by atoms with van der Waals surface area (Å²) in [7, 11) is 0. The lowest BCUT2D eigenvalue weighted by atomic mass is 9.79. The second-order valence-electron chi connectivity index (χ2n) is 37.0. The summed E-state index contributed by atoms with van der Waals surface area (Å²) < 4.78 is 46.3. The molecule has 8 N–H and O–H groups in total. The lowest BCUT2D eigenvalue weighted by molar-refractivity contribution is -0.143. The number of carbonyl (C=O) groups is 4. The lowest BCUT2D eigenvalue weighted by Crippen LogP contribution is -2.45. The number of rotatable bonds is 18. The Morgan fingerprint density at radius 1 is 0.444 bits per heavy atom. The van der Waals surface area contributed by atoms with Crippen LogP contribution in [0, 0.1) is 25.7 Å². The van der Waals surface area contributed by atoms with E-state index in [4.69, 9.17) is 46.7 Å². The van der Waals surface area contributed by atoms with Crippen molar-refractivity contribution in [1.82, 2.24) is 118 Å². The van der Waals surface area contributed by atoms with Crippen LogP contribution in [0.1, 0.15) is 138 Å². The Labute approximate surface area is 838 Å². The molecule has 33 nitrogen and oxygen atoms in total. The third kappa shape index (κ3) is 19.2. The SMILES string of the molecule is C.C[C@@H](O)C(=O)N1CCC(Cc2nc3c(-c4ccc(-c5ccccc5)nc4)cnn3c3[nH]ccc23)CC1.C[C@@H](O)C(=O)N1CCC(Oc2nc3c(-c4ccc(-c5ccccc5)nc4)cnn3c3[nH]ccc23)CC1.C[C@@H](O)C(=O)N1CCC(c2nc3c(-c4ccc(-c5ccccc5)nc4)cnn3c3[nH]cc(Cl)c23)CC1.[2H]c1c([2H])c(C)c([2H])c(-c2ccc(-c3cnn4c3nc(C3CCC(C(=O)O)CC3)c3c(C)[nH]nc34)cn2)c1[2H]. The van der Waals surface area contributed by atoms with E-state index in [2.05, 4.69) is 84.8 Å². The summed E-state index contributed by atoms with van der Waals surface area (Å²) in [5.41, 5.74) is 23.6. The summed E-state index contributed by atoms with van der Waals surface area (Å²) in [4.78, 5) is 102. The number of aryl methyl sites for hydroxylation is 1. The molecule has 4 aromatic carbocycles. The first-order chi connectivity index (χ1) is 71.3. The number of nitrogens with zero attached hydrogens (tertiary/aromatic N) is 20. The smallest absolute Gasteiger partial charge is 0.306 e. The molecule has 3 saturated heterocycles. The number of aromatic nitrogens is 21. The maximum absolute atomic E-state index is 12.2. The zero-order valence-corrected chi connectivity index (χ0v) is 79.8. The molecular weight excluding hydrogens is 1840 g/mol. The first-order valence-electron chi connectivity index (χ1n) is 50.2. The van der Waals surface area contributed by atoms with E-state index in [1.807, 2.05) is 176 Å². The minimum atomic E-state index is -0.988. The maximum Gasteiger partial charge on any atom is 0.306 e. The number of fused-ring (bicyclic) bond motifs is 12. The molecule has 730 valence electrons. The molecule has 3 aliphatic heterocycles. The van der Waals surface area contributed by atoms with Gasteiger partial charge in [-0.05, 0) is 141 Å². The van der Waals surface area contributed by atoms with E-state index in [1.54, 1.807) is 66.0 Å². The van der Waals surface area contributed by atoms with E-state index >= 15 is 0 Å². The first kappa shape index (κ1) is 90.5. The highest BCUT2D eigenvalue weighted by molar-refractivity contribution is 6.35. The largest absolute Gasteiger partial charge is 0.481 e. The molecule has 34 heteroatoms. The minimum Gasteiger partial charge on any atom is -0.481 e. The van der Waals surface area contributed by atoms with Crippen molar-refractivity contribution < 1.29 is 49.8 Å². The number of H-pyrrole nitrogens is 4. The minimum absolute atomic E-state index is 0. The molecule has 0 unspecified atom stereocenters. The number of hydrogen-bond acceptors (Lipinski definition) is 21. The summed E-state index contributed by atoms with van der Waals surface area (Å²) in [5, 5.41) is 68.6. The van der Waals surface area contributed by atoms with E-state index in [0.717, 1.165) is 196 Å². The van der Waals surface area contributed by atoms with Gasteiger partial charge in [-0.15, -0.1) is 0 Å². The van der Waals surface area contributed by atoms with Gasteiger partial charge in [0, 0.05) is 185 Å². The lowest BCUT2D eigenvalue weighted by Gasteiger charge is -2.32. The van der Waals surface area contributed by atoms with Crippen LogP contribution in [-0.2, 0) is 25.6 Å². The molecule has 20 aromatic rings. The van der Waals surface area contributed by atoms with E-state index in [0.29, 0.717) is 110 Å². The van der Waals surface area contributed by atoms with Gasteiger partial charge in [-0.2, -0.15) is 48.5 Å². The maximum atomic E-state index is 12.2. The number of carbonyl (C=O) groups excluding carboxylic acids is 3. The molecule has 3 atom stereocenters. The number of ether oxygens (including phenoxy) is 1. The number of piperidine rings is 3. The van der Waals surface area contributed by atoms with Crippen molar-refractivity contribution in [3.8, 4) is 95.4 Å². The van der Waals surface area contributed by atoms with E-state index in [9.17, 15) is 39.6 Å². The van der Waals surface area contributed by atoms with Gasteiger partial charge in [0.1, 0.15) is 41.4 Å². The Bertz CT molecular complexity index is 8030. The Balaban J connectivity index is 0.000000119. The van der Waals surface area contributed by atoms with Crippen LogP contribution in [0.15, 0.2) is 244 Å². The molecule has 1 aliphatic carbocycles. The van der Waals surface area contributed by atoms with Crippen LogP contribution in [0.4, 0.5) is 0 Å². The first-order valence-corrected chi connectivity index (χ1v) is 48.6. The summed E-state index contributed by atoms with van der Waals surface area (Å²) in [6.45, 7) is 11.7. The highest BCUT2D eigenvalue weighted by Gasteiger charge is 2.35. The number of nitrogens with one attached hydrogen (secondary N) is 4. The number of likely N-dealkylation sites (tertiary alicyclic amines) is 3. The van der Waals surface area contributed by atoms with Crippen molar-refractivity contribution in [2.45, 2.75) is 149 Å². The normalized spacial score (nSPS) is 16.5. The van der Waals surface area contributed by atoms with Crippen LogP contribution >= 0.6 is 11.6 Å². The van der Waals surface area contributed by atoms with E-state index in [1.165, 1.54) is 20.8 Å². The van der Waals surface area contributed by atoms with Crippen LogP contribution in [0.3, 0.4) is 0 Å². The topological polar surface area (TPSA) is 417 Å². The highest BCUT2D eigenvalue weighted by atomic mass is 35.5. The van der Waals surface area contributed by atoms with Crippen LogP contribution in [0.2, 0.25) is 5.02 Å². The van der Waals surface area contributed by atoms with Gasteiger partial charge in [0.05, 0.1) is 97.2 Å². The van der Waals surface area contributed by atoms with Gasteiger partial charge in [-0.25, -0.2) is 15.0 Å². The number of hydrogen-bond donors (Lipinski definition) is 8. The van der Waals surface area contributed by atoms with Crippen molar-refractivity contribution in [2.24, 2.45) is 11.8 Å². The van der Waals surface area contributed by atoms with Crippen molar-refractivity contribution in [3.05, 3.63) is 277 Å². The second-order valence-corrected chi connectivity index (χ2v) is 37.4. The summed E-state index contributed by atoms with van der Waals surface area (Å²) in [6, 6.07) is 49.5. The molecule has 4 aliphatic rings. The van der Waals surface area contributed by atoms with Gasteiger partial charge in [-0.3, -0.25) is 44.2 Å². The van der Waals surface area contributed by atoms with Gasteiger partial charge in [0.2, 0.25) is 5.88 Å². The molecular formula is C110H109ClN24O9. The zero-order chi connectivity index (χ0) is 102. The molecule has 0 radical (unpaired) electrons. The summed E-state index contributed by atoms with van der Waals surface area (Å²) in [6.07, 6.45) is 25.1. The van der Waals surface area contributed by atoms with Gasteiger partial charge in [-0.1, -0.05) is 158 Å². The Hall–Kier alpha value is -16.1. The molecule has 144 heavy (non-hydrogen) atoms. The fraction of sp³-hybridized carbons (Fsp3) is 0.282. The quantitative estimate of drug-likeness (QED) is 0.0395. The van der Waals surface area contributed by atoms with Gasteiger partial charge in [0.25, 0.3) is 17.7 Å². The Morgan fingerprint density at radius 2 is 0.861 bits per heavy atom. The molecule has 19 heterocycles. The standard InChI is InChI=1S/C28H28N6O2.C27H25ClN6O2.C27H26N6O3.C27H26N6O2.CH4/c1-18(35)28(36)33-13-10-19(11-14-33)15-25-22-9-12-29-26(22)34-27(32-25)23(17-31-34)21-7-8-24(30-16-21)20-5-3-2-4-6-20;1-16(35)27(36)33-11-9-18(10-12-33)24-23-21(28)15-30-26(23)34-25(32-24)20(14-31-34)19-7-8-22(29-13-19)17-5-3-2-4-6-17;1-17(34)27(35)32-13-10-20(11-14-32)36-26-21-9-12-28-24(21)33-25(31-26)22(16-30-33)19-7-8-23(29-15-19)18-5-3-2-4-6-18;1-15-4-3-5-19(12-15)22-11-10-20(13-28-22)21-14-29-33-25(21)30-24(23-16(2)31-32-26(23)33)17-6-8-18(9-7-17)27(34)35;/h2-9,12,16-19,29,35H,10-11,13-15H2,1H3;2-8,13-16,18,30,35H,9-12H2,1H3;2-9,12,15-17,20,28,34H,10-11,13-14H2,1H3;3-5,10-14,17-18H,6-9H2,1-2H3,(H,31,32)(H,34,35);1H4/t18-;16-;17-;;/m111../s1/i;;;3D,4D,5D,12D;. The number of aromatic amines is 4. The van der Waals surface area contributed by atoms with Crippen LogP contribution in [0.5, 0.6) is 5.88 Å². The number of halogens is 1. The van der Waals surface area contributed by atoms with E-state index in [-0.39, 0.29) is 78.7 Å². The fourth-order valence-corrected chi connectivity index (χ4v) is 20.2. The summed E-state index contributed by atoms with van der Waals surface area (Å²) in [5.74, 6) is -0.507. The third-order valence-electron chi connectivity index (χ3n) is 27.6. The fourth-order valence-electron chi connectivity index (χ4n) is 20.0. The van der Waals surface area contributed by atoms with Crippen molar-refractivity contribution >= 4 is 102 Å². The van der Waals surface area contributed by atoms with Gasteiger partial charge < -0.3 is 54.8 Å². The molecule has 24 rings (SSSR count). The van der Waals surface area contributed by atoms with Crippen LogP contribution in [-0.4, -0.2) is 226 Å². The molecule has 1 saturated carbocycles. The Morgan fingerprint density at radius 3 is 1.33 bits per heavy atom. The average Bonchev–Trinajstić information content (AvgIpc) is 1.58. The number of aliphatic carboxylic acids is 1. The van der Waals surface area contributed by atoms with Crippen molar-refractivity contribution in [1.29, 1.82) is 0 Å². The molecule has 16 aromatic heterocycles. The molecule has 3 amide bonds. The second kappa shape index (κ2) is 41.2. The average molecular weight is 1950 g/mol. The number of pyridine rings is 4. The number of aliphatic hydroxyl groups is 3. The van der Waals surface area contributed by atoms with Crippen LogP contribution in [0.25, 0.3) is 156 Å². The summed E-state index contributed by atoms with van der Waals surface area (Å²) >= 11 is 6.60. The number of carboxylic acid groups (broad SMARTS) is 1. The number of benzene rings is 4. The van der Waals surface area contributed by atoms with Gasteiger partial charge in [0.15, 0.2) is 28.2 Å². The zero-order valence-electron chi connectivity index (χ0n) is 83.1. The van der Waals surface area contributed by atoms with E-state index < -0.39 is 24.3 Å². The van der Waals surface area contributed by atoms with Gasteiger partial charge >= 0.3 is 5.97 Å². The van der Waals surface area contributed by atoms with Crippen LogP contribution < -0.4 is 4.74 Å². The number of amides is 3. The Kier molecular flexibility index (Phi) is 25.9. The predicted molar refractivity (Wildman–Crippen MR) is 552 cm³/mol. The predicted octanol–water partition coefficient (Wildman–Crippen LogP) is 18.4. The monoisotopic (exact) mass is 1950 g/mol. The highest BCUT2D eigenvalue weighted by Crippen LogP contribution is 2.43. The third-order valence-corrected chi connectivity index (χ3v) is 27.9. The molecule has 0 spiro atoms. The molecule has 4 fully saturated rings. The van der Waals surface area contributed by atoms with Crippen molar-refractivity contribution in [3.63, 3.8) is 0 Å². The molecule has 0 bridgehead atoms. The number of aliphatic hydroxyl groups excluding tert-OH is 3. The van der Waals surface area contributed by atoms with Crippen molar-refractivity contribution in [2.75, 3.05) is 39.3 Å².